The number of halogens is 7. The number of aryl methyl sites for hydroxylation is 1. The second-order valence-corrected chi connectivity index (χ2v) is 12.7. The average Bonchev–Trinajstić information content (AvgIpc) is 3.73. The van der Waals surface area contributed by atoms with E-state index in [4.69, 9.17) is 16.2 Å². The largest absolute Gasteiger partial charge is 0.573 e. The normalized spacial score (nSPS) is 11.7. The molecule has 8 aromatic rings. The third kappa shape index (κ3) is 9.10. The van der Waals surface area contributed by atoms with Crippen LogP contribution in [0.3, 0.4) is 0 Å². The molecule has 0 unspecified atom stereocenters. The number of aromatic nitrogens is 8. The van der Waals surface area contributed by atoms with Gasteiger partial charge in [-0.1, -0.05) is 24.3 Å². The predicted octanol–water partition coefficient (Wildman–Crippen LogP) is 8.79. The molecule has 0 aliphatic heterocycles. The number of methoxy groups -OCH3 is 1. The van der Waals surface area contributed by atoms with Crippen LogP contribution in [0.5, 0.6) is 5.75 Å². The quantitative estimate of drug-likeness (QED) is 0.102. The first-order valence-electron chi connectivity index (χ1n) is 17.5. The summed E-state index contributed by atoms with van der Waals surface area (Å²) >= 11 is 0. The van der Waals surface area contributed by atoms with Crippen molar-refractivity contribution in [1.29, 1.82) is 0 Å². The Labute approximate surface area is 334 Å². The zero-order chi connectivity index (χ0) is 42.8. The highest BCUT2D eigenvalue weighted by Gasteiger charge is 2.31. The number of anilines is 6. The molecule has 4 heterocycles. The number of nitrogens with one attached hydrogen (secondary N) is 2. The molecule has 0 saturated heterocycles. The maximum atomic E-state index is 14.6. The molecule has 0 fully saturated rings. The molecule has 0 amide bonds. The van der Waals surface area contributed by atoms with Gasteiger partial charge in [-0.15, -0.1) is 13.2 Å². The minimum absolute atomic E-state index is 0.0362. The van der Waals surface area contributed by atoms with Crippen LogP contribution in [0, 0.1) is 12.7 Å². The van der Waals surface area contributed by atoms with Crippen molar-refractivity contribution in [2.75, 3.05) is 29.2 Å². The van der Waals surface area contributed by atoms with Crippen LogP contribution in [0.2, 0.25) is 0 Å². The molecule has 4 aromatic heterocycles. The molecule has 0 radical (unpaired) electrons. The molecule has 21 heteroatoms. The number of hydrogen-bond acceptors (Lipinski definition) is 12. The highest BCUT2D eigenvalue weighted by molar-refractivity contribution is 5.79. The van der Waals surface area contributed by atoms with Gasteiger partial charge in [-0.2, -0.15) is 37.5 Å². The van der Waals surface area contributed by atoms with Crippen LogP contribution in [0.25, 0.3) is 34.0 Å². The number of ether oxygens (including phenoxy) is 2. The van der Waals surface area contributed by atoms with Gasteiger partial charge in [-0.05, 0) is 79.7 Å². The van der Waals surface area contributed by atoms with Crippen molar-refractivity contribution in [2.24, 2.45) is 0 Å². The van der Waals surface area contributed by atoms with E-state index in [0.29, 0.717) is 40.1 Å². The van der Waals surface area contributed by atoms with Crippen molar-refractivity contribution < 1.29 is 40.2 Å². The number of benzene rings is 4. The van der Waals surface area contributed by atoms with Crippen molar-refractivity contribution in [2.45, 2.75) is 26.1 Å². The summed E-state index contributed by atoms with van der Waals surface area (Å²) in [6.45, 7) is 1.97. The topological polar surface area (TPSA) is 182 Å². The number of nitrogens with zero attached hydrogens (tertiary/aromatic N) is 8. The smallest absolute Gasteiger partial charge is 0.406 e. The summed E-state index contributed by atoms with van der Waals surface area (Å²) in [7, 11) is 1.50. The first-order valence-corrected chi connectivity index (χ1v) is 17.5. The Morgan fingerprint density at radius 3 is 1.88 bits per heavy atom. The molecular weight excluding hydrogens is 801 g/mol. The minimum Gasteiger partial charge on any atom is -0.406 e. The van der Waals surface area contributed by atoms with Gasteiger partial charge in [0.2, 0.25) is 17.7 Å². The molecule has 4 aromatic carbocycles. The third-order valence-electron chi connectivity index (χ3n) is 8.47. The molecule has 60 heavy (non-hydrogen) atoms. The molecule has 0 aliphatic rings. The van der Waals surface area contributed by atoms with Gasteiger partial charge in [0.25, 0.3) is 0 Å². The van der Waals surface area contributed by atoms with Crippen LogP contribution in [-0.4, -0.2) is 52.5 Å². The van der Waals surface area contributed by atoms with E-state index in [0.717, 1.165) is 23.2 Å². The summed E-state index contributed by atoms with van der Waals surface area (Å²) in [5, 5.41) is 5.66. The van der Waals surface area contributed by atoms with Gasteiger partial charge in [0, 0.05) is 24.6 Å². The lowest BCUT2D eigenvalue weighted by atomic mass is 10.2. The van der Waals surface area contributed by atoms with E-state index in [-0.39, 0.29) is 35.6 Å². The van der Waals surface area contributed by atoms with Crippen LogP contribution in [0.1, 0.15) is 17.2 Å². The summed E-state index contributed by atoms with van der Waals surface area (Å²) in [6.07, 6.45) is -9.22. The average molecular weight is 833 g/mol. The molecule has 6 N–H and O–H groups in total. The third-order valence-corrected chi connectivity index (χ3v) is 8.47. The minimum atomic E-state index is -4.74. The van der Waals surface area contributed by atoms with E-state index < -0.39 is 29.7 Å². The highest BCUT2D eigenvalue weighted by Crippen LogP contribution is 2.32. The fourth-order valence-corrected chi connectivity index (χ4v) is 5.94. The van der Waals surface area contributed by atoms with Crippen LogP contribution in [0.4, 0.5) is 65.4 Å². The van der Waals surface area contributed by atoms with Crippen molar-refractivity contribution in [3.05, 3.63) is 126 Å². The number of alkyl halides is 6. The predicted molar refractivity (Wildman–Crippen MR) is 209 cm³/mol. The summed E-state index contributed by atoms with van der Waals surface area (Å²) in [4.78, 5) is 26.0. The Bertz CT molecular complexity index is 2790. The Morgan fingerprint density at radius 2 is 1.25 bits per heavy atom. The SMILES string of the molecule is COCc1nc2ccccc2n1-c1nc(N)c(F)c(Nc2ccc(C(F)(F)F)cc2)n1.Cc1nc2ccccc2n1-c1nc(N)cc(Nc2ccc(OC(F)(F)F)cc2)n1. The second kappa shape index (κ2) is 16.4. The number of nitrogens with two attached hydrogens (primary N) is 2. The number of nitrogen functional groups attached to an aromatic ring is 2. The van der Waals surface area contributed by atoms with Crippen LogP contribution in [-0.2, 0) is 17.5 Å². The van der Waals surface area contributed by atoms with E-state index in [9.17, 15) is 30.7 Å². The lowest BCUT2D eigenvalue weighted by Gasteiger charge is -2.13. The van der Waals surface area contributed by atoms with Gasteiger partial charge in [-0.3, -0.25) is 9.13 Å². The molecule has 308 valence electrons. The number of rotatable bonds is 9. The summed E-state index contributed by atoms with van der Waals surface area (Å²) in [5.74, 6) is 0.175. The Balaban J connectivity index is 0.000000182. The number of hydrogen-bond donors (Lipinski definition) is 4. The first kappa shape index (κ1) is 40.6. The van der Waals surface area contributed by atoms with E-state index in [1.54, 1.807) is 27.3 Å². The Morgan fingerprint density at radius 1 is 0.667 bits per heavy atom. The number of imidazole rings is 2. The van der Waals surface area contributed by atoms with E-state index in [1.165, 1.54) is 49.6 Å². The van der Waals surface area contributed by atoms with Crippen LogP contribution < -0.4 is 26.8 Å². The van der Waals surface area contributed by atoms with E-state index in [1.807, 2.05) is 37.3 Å². The van der Waals surface area contributed by atoms with Crippen molar-refractivity contribution in [3.63, 3.8) is 0 Å². The van der Waals surface area contributed by atoms with Gasteiger partial charge in [-0.25, -0.2) is 9.97 Å². The maximum Gasteiger partial charge on any atom is 0.573 e. The fourth-order valence-electron chi connectivity index (χ4n) is 5.94. The highest BCUT2D eigenvalue weighted by atomic mass is 19.4. The molecule has 0 aliphatic carbocycles. The second-order valence-electron chi connectivity index (χ2n) is 12.7. The molecule has 14 nitrogen and oxygen atoms in total. The van der Waals surface area contributed by atoms with Crippen LogP contribution >= 0.6 is 0 Å². The van der Waals surface area contributed by atoms with Gasteiger partial charge >= 0.3 is 12.5 Å². The van der Waals surface area contributed by atoms with Gasteiger partial charge in [0.15, 0.2) is 11.6 Å². The van der Waals surface area contributed by atoms with Crippen molar-refractivity contribution in [1.82, 2.24) is 39.0 Å². The van der Waals surface area contributed by atoms with Crippen LogP contribution in [0.15, 0.2) is 103 Å². The summed E-state index contributed by atoms with van der Waals surface area (Å²) in [5.41, 5.74) is 14.5. The van der Waals surface area contributed by atoms with Crippen molar-refractivity contribution in [3.8, 4) is 17.6 Å². The molecule has 0 saturated carbocycles. The van der Waals surface area contributed by atoms with Gasteiger partial charge in [0.1, 0.15) is 35.6 Å². The molecule has 0 atom stereocenters. The van der Waals surface area contributed by atoms with Gasteiger partial charge in [0.05, 0.1) is 27.6 Å². The summed E-state index contributed by atoms with van der Waals surface area (Å²) < 4.78 is 102. The van der Waals surface area contributed by atoms with E-state index in [2.05, 4.69) is 45.3 Å². The Kier molecular flexibility index (Phi) is 11.1. The molecular formula is C39H31F7N12O2. The van der Waals surface area contributed by atoms with Gasteiger partial charge < -0.3 is 31.6 Å². The maximum absolute atomic E-state index is 14.6. The zero-order valence-corrected chi connectivity index (χ0v) is 31.2. The Hall–Kier alpha value is -7.55. The van der Waals surface area contributed by atoms with E-state index >= 15 is 0 Å². The number of fused-ring (bicyclic) bond motifs is 2. The first-order chi connectivity index (χ1) is 28.6. The monoisotopic (exact) mass is 832 g/mol. The summed E-state index contributed by atoms with van der Waals surface area (Å²) in [6, 6.07) is 25.7. The lowest BCUT2D eigenvalue weighted by molar-refractivity contribution is -0.274. The molecule has 0 spiro atoms. The number of para-hydroxylation sites is 4. The zero-order valence-electron chi connectivity index (χ0n) is 31.2. The standard InChI is InChI=1S/C20H16F4N6O.C19H15F3N6O/c1-31-10-15-27-13-4-2-3-5-14(13)30(15)19-28-17(25)16(21)18(29-19)26-12-8-6-11(7-9-12)20(22,23)24;1-11-24-14-4-2-3-5-15(14)28(11)18-26-16(23)10-17(27-18)25-12-6-8-13(9-7-12)29-19(20,21)22/h2-9H,10H2,1H3,(H3,25,26,28,29);2-10H,1H3,(H3,23,25,26,27). The van der Waals surface area contributed by atoms with Crippen molar-refractivity contribution >= 4 is 56.7 Å². The fraction of sp³-hybridized carbons (Fsp3) is 0.128. The lowest BCUT2D eigenvalue weighted by Crippen LogP contribution is -2.17. The molecule has 0 bridgehead atoms. The molecule has 8 rings (SSSR count).